The molecule has 0 radical (unpaired) electrons. The van der Waals surface area contributed by atoms with Crippen LogP contribution in [-0.4, -0.2) is 84.2 Å². The molecule has 2 aromatic heterocycles. The number of rotatable bonds is 5. The van der Waals surface area contributed by atoms with E-state index in [1.54, 1.807) is 11.7 Å². The van der Waals surface area contributed by atoms with Crippen LogP contribution in [0.2, 0.25) is 0 Å². The van der Waals surface area contributed by atoms with Gasteiger partial charge in [0.05, 0.1) is 12.4 Å². The molecule has 0 bridgehead atoms. The van der Waals surface area contributed by atoms with Crippen molar-refractivity contribution in [3.05, 3.63) is 12.7 Å². The molecule has 28 heavy (non-hydrogen) atoms. The molecular weight excluding hydrogens is 411 g/mol. The predicted molar refractivity (Wildman–Crippen MR) is 102 cm³/mol. The van der Waals surface area contributed by atoms with E-state index in [9.17, 15) is 10.2 Å². The fraction of sp³-hybridized carbons (Fsp3) is 0.688. The number of aromatic nitrogens is 4. The SMILES string of the molecule is COC1CCCN(Nc2ncnc3c2ncn3[C@@H]2O[C@H](C(Cl)Cl)C(O)C2O)C1. The summed E-state index contributed by atoms with van der Waals surface area (Å²) in [5, 5.41) is 22.6. The largest absolute Gasteiger partial charge is 0.387 e. The Hall–Kier alpha value is -1.27. The lowest BCUT2D eigenvalue weighted by molar-refractivity contribution is -0.0312. The van der Waals surface area contributed by atoms with Gasteiger partial charge in [-0.3, -0.25) is 4.57 Å². The van der Waals surface area contributed by atoms with E-state index in [4.69, 9.17) is 32.7 Å². The van der Waals surface area contributed by atoms with Crippen LogP contribution in [0.15, 0.2) is 12.7 Å². The van der Waals surface area contributed by atoms with Crippen LogP contribution in [0.1, 0.15) is 19.1 Å². The minimum absolute atomic E-state index is 0.163. The van der Waals surface area contributed by atoms with E-state index in [-0.39, 0.29) is 6.10 Å². The second kappa shape index (κ2) is 8.23. The molecule has 2 aliphatic heterocycles. The fourth-order valence-electron chi connectivity index (χ4n) is 3.63. The number of alkyl halides is 2. The Balaban J connectivity index is 1.59. The highest BCUT2D eigenvalue weighted by Gasteiger charge is 2.47. The van der Waals surface area contributed by atoms with Gasteiger partial charge in [0.1, 0.15) is 29.5 Å². The molecule has 0 saturated carbocycles. The summed E-state index contributed by atoms with van der Waals surface area (Å²) in [5.41, 5.74) is 4.24. The lowest BCUT2D eigenvalue weighted by Gasteiger charge is -2.32. The van der Waals surface area contributed by atoms with Gasteiger partial charge in [0.25, 0.3) is 0 Å². The Morgan fingerprint density at radius 2 is 2.11 bits per heavy atom. The quantitative estimate of drug-likeness (QED) is 0.586. The number of piperidine rings is 1. The van der Waals surface area contributed by atoms with Gasteiger partial charge < -0.3 is 25.1 Å². The van der Waals surface area contributed by atoms with Crippen molar-refractivity contribution in [2.75, 3.05) is 25.6 Å². The minimum Gasteiger partial charge on any atom is -0.387 e. The first-order valence-electron chi connectivity index (χ1n) is 9.01. The highest BCUT2D eigenvalue weighted by atomic mass is 35.5. The lowest BCUT2D eigenvalue weighted by atomic mass is 10.1. The third-order valence-electron chi connectivity index (χ3n) is 5.13. The van der Waals surface area contributed by atoms with Crippen LogP contribution in [0.5, 0.6) is 0 Å². The minimum atomic E-state index is -1.22. The van der Waals surface area contributed by atoms with Crippen LogP contribution < -0.4 is 5.43 Å². The Morgan fingerprint density at radius 3 is 2.82 bits per heavy atom. The standard InChI is InChI=1S/C16H22Cl2N6O4/c1-27-8-3-2-4-23(5-8)22-14-9-15(20-6-19-14)24(7-21-9)16-11(26)10(25)12(28-16)13(17)18/h6-8,10-13,16,25-26H,2-5H2,1H3,(H,19,20,22)/t8?,10?,11?,12-,16+/m0/s1. The van der Waals surface area contributed by atoms with Crippen molar-refractivity contribution in [2.45, 2.75) is 48.3 Å². The molecular formula is C16H22Cl2N6O4. The first kappa shape index (κ1) is 20.0. The van der Waals surface area contributed by atoms with E-state index in [2.05, 4.69) is 20.4 Å². The van der Waals surface area contributed by atoms with Crippen LogP contribution in [-0.2, 0) is 9.47 Å². The molecule has 0 amide bonds. The summed E-state index contributed by atoms with van der Waals surface area (Å²) in [6, 6.07) is 0. The van der Waals surface area contributed by atoms with Crippen LogP contribution in [0, 0.1) is 0 Å². The summed E-state index contributed by atoms with van der Waals surface area (Å²) in [4.78, 5) is 12.0. The number of nitrogens with one attached hydrogen (secondary N) is 1. The van der Waals surface area contributed by atoms with Gasteiger partial charge in [-0.15, -0.1) is 23.2 Å². The number of halogens is 2. The zero-order chi connectivity index (χ0) is 19.8. The number of aliphatic hydroxyl groups excluding tert-OH is 2. The van der Waals surface area contributed by atoms with Gasteiger partial charge in [0.15, 0.2) is 23.2 Å². The Labute approximate surface area is 171 Å². The van der Waals surface area contributed by atoms with Crippen molar-refractivity contribution in [3.8, 4) is 0 Å². The van der Waals surface area contributed by atoms with Crippen LogP contribution >= 0.6 is 23.2 Å². The summed E-state index contributed by atoms with van der Waals surface area (Å²) in [6.45, 7) is 1.59. The van der Waals surface area contributed by atoms with E-state index >= 15 is 0 Å². The number of methoxy groups -OCH3 is 1. The molecule has 3 N–H and O–H groups in total. The lowest BCUT2D eigenvalue weighted by Crippen LogP contribution is -2.42. The number of nitrogens with zero attached hydrogens (tertiary/aromatic N) is 5. The van der Waals surface area contributed by atoms with E-state index in [0.29, 0.717) is 17.0 Å². The second-order valence-corrected chi connectivity index (χ2v) is 8.07. The maximum atomic E-state index is 10.4. The van der Waals surface area contributed by atoms with Crippen molar-refractivity contribution in [1.29, 1.82) is 0 Å². The summed E-state index contributed by atoms with van der Waals surface area (Å²) in [5.74, 6) is 0.539. The highest BCUT2D eigenvalue weighted by Crippen LogP contribution is 2.35. The van der Waals surface area contributed by atoms with Crippen molar-refractivity contribution in [1.82, 2.24) is 24.5 Å². The van der Waals surface area contributed by atoms with E-state index in [1.807, 2.05) is 5.01 Å². The van der Waals surface area contributed by atoms with Crippen molar-refractivity contribution < 1.29 is 19.7 Å². The molecule has 4 heterocycles. The predicted octanol–water partition coefficient (Wildman–Crippen LogP) is 0.687. The number of imidazole rings is 1. The van der Waals surface area contributed by atoms with Gasteiger partial charge in [-0.25, -0.2) is 20.0 Å². The van der Waals surface area contributed by atoms with Crippen molar-refractivity contribution >= 4 is 40.2 Å². The topological polar surface area (TPSA) is 118 Å². The number of anilines is 1. The molecule has 3 unspecified atom stereocenters. The Morgan fingerprint density at radius 1 is 1.29 bits per heavy atom. The van der Waals surface area contributed by atoms with Crippen LogP contribution in [0.4, 0.5) is 5.82 Å². The molecule has 2 aliphatic rings. The Kier molecular flexibility index (Phi) is 5.88. The molecule has 10 nitrogen and oxygen atoms in total. The second-order valence-electron chi connectivity index (χ2n) is 6.91. The van der Waals surface area contributed by atoms with Gasteiger partial charge in [0, 0.05) is 20.2 Å². The molecule has 2 aromatic rings. The van der Waals surface area contributed by atoms with E-state index in [0.717, 1.165) is 25.9 Å². The summed E-state index contributed by atoms with van der Waals surface area (Å²) in [6.07, 6.45) is 0.801. The maximum Gasteiger partial charge on any atom is 0.172 e. The molecule has 12 heteroatoms. The molecule has 0 aliphatic carbocycles. The maximum absolute atomic E-state index is 10.4. The van der Waals surface area contributed by atoms with Gasteiger partial charge in [-0.2, -0.15) is 0 Å². The van der Waals surface area contributed by atoms with Gasteiger partial charge >= 0.3 is 0 Å². The number of hydrogen-bond donors (Lipinski definition) is 3. The molecule has 0 spiro atoms. The summed E-state index contributed by atoms with van der Waals surface area (Å²) in [7, 11) is 1.71. The summed E-state index contributed by atoms with van der Waals surface area (Å²) < 4.78 is 12.7. The Bertz CT molecular complexity index is 824. The summed E-state index contributed by atoms with van der Waals surface area (Å²) >= 11 is 11.7. The fourth-order valence-corrected chi connectivity index (χ4v) is 4.04. The van der Waals surface area contributed by atoms with Gasteiger partial charge in [0.2, 0.25) is 0 Å². The number of aliphatic hydroxyl groups is 2. The van der Waals surface area contributed by atoms with Crippen molar-refractivity contribution in [2.24, 2.45) is 0 Å². The van der Waals surface area contributed by atoms with Gasteiger partial charge in [-0.05, 0) is 12.8 Å². The van der Waals surface area contributed by atoms with E-state index in [1.165, 1.54) is 12.7 Å². The molecule has 4 rings (SSSR count). The first-order valence-corrected chi connectivity index (χ1v) is 9.88. The zero-order valence-electron chi connectivity index (χ0n) is 15.2. The molecule has 0 aromatic carbocycles. The number of fused-ring (bicyclic) bond motifs is 1. The van der Waals surface area contributed by atoms with Crippen molar-refractivity contribution in [3.63, 3.8) is 0 Å². The molecule has 5 atom stereocenters. The molecule has 2 saturated heterocycles. The number of ether oxygens (including phenoxy) is 2. The first-order chi connectivity index (χ1) is 13.5. The third-order valence-corrected chi connectivity index (χ3v) is 5.63. The monoisotopic (exact) mass is 432 g/mol. The number of hydrogen-bond acceptors (Lipinski definition) is 9. The van der Waals surface area contributed by atoms with E-state index < -0.39 is 29.4 Å². The highest BCUT2D eigenvalue weighted by molar-refractivity contribution is 6.44. The van der Waals surface area contributed by atoms with Crippen LogP contribution in [0.25, 0.3) is 11.2 Å². The van der Waals surface area contributed by atoms with Gasteiger partial charge in [-0.1, -0.05) is 0 Å². The average molecular weight is 433 g/mol. The average Bonchev–Trinajstić information content (AvgIpc) is 3.24. The molecule has 154 valence electrons. The normalized spacial score (nSPS) is 31.7. The van der Waals surface area contributed by atoms with Crippen LogP contribution in [0.3, 0.4) is 0 Å². The number of hydrazine groups is 1. The molecule has 2 fully saturated rings. The zero-order valence-corrected chi connectivity index (χ0v) is 16.7. The smallest absolute Gasteiger partial charge is 0.172 e. The third kappa shape index (κ3) is 3.65.